The fourth-order valence-corrected chi connectivity index (χ4v) is 1.29. The molecule has 0 aliphatic carbocycles. The van der Waals surface area contributed by atoms with Crippen LogP contribution >= 0.6 is 0 Å². The highest BCUT2D eigenvalue weighted by molar-refractivity contribution is 7.79. The third-order valence-electron chi connectivity index (χ3n) is 1.42. The maximum absolute atomic E-state index is 10.2. The second-order valence-electron chi connectivity index (χ2n) is 2.34. The van der Waals surface area contributed by atoms with Crippen LogP contribution in [-0.4, -0.2) is 34.0 Å². The van der Waals surface area contributed by atoms with Gasteiger partial charge in [-0.3, -0.25) is 0 Å². The Morgan fingerprint density at radius 3 is 2.64 bits per heavy atom. The summed E-state index contributed by atoms with van der Waals surface area (Å²) in [6.07, 6.45) is 1.15. The number of ether oxygens (including phenoxy) is 2. The molecule has 0 aromatic carbocycles. The Morgan fingerprint density at radius 2 is 2.09 bits per heavy atom. The van der Waals surface area contributed by atoms with E-state index in [0.717, 1.165) is 6.42 Å². The van der Waals surface area contributed by atoms with Crippen molar-refractivity contribution < 1.29 is 18.2 Å². The van der Waals surface area contributed by atoms with E-state index >= 15 is 0 Å². The SMILES string of the molecule is O=S(O)CCC1OCCCO1. The lowest BCUT2D eigenvalue weighted by atomic mass is 10.4. The van der Waals surface area contributed by atoms with Crippen molar-refractivity contribution in [3.8, 4) is 0 Å². The van der Waals surface area contributed by atoms with Crippen molar-refractivity contribution in [1.82, 2.24) is 0 Å². The van der Waals surface area contributed by atoms with E-state index in [4.69, 9.17) is 14.0 Å². The molecule has 0 bridgehead atoms. The number of rotatable bonds is 3. The maximum Gasteiger partial charge on any atom is 0.158 e. The molecule has 0 spiro atoms. The zero-order valence-corrected chi connectivity index (χ0v) is 7.01. The molecule has 0 aromatic heterocycles. The average Bonchev–Trinajstić information content (AvgIpc) is 2.03. The molecule has 1 N–H and O–H groups in total. The van der Waals surface area contributed by atoms with Gasteiger partial charge >= 0.3 is 0 Å². The molecule has 1 rings (SSSR count). The molecular weight excluding hydrogens is 168 g/mol. The quantitative estimate of drug-likeness (QED) is 0.637. The predicted octanol–water partition coefficient (Wildman–Crippen LogP) is 0.361. The van der Waals surface area contributed by atoms with Crippen molar-refractivity contribution in [2.75, 3.05) is 19.0 Å². The van der Waals surface area contributed by atoms with Gasteiger partial charge in [0.05, 0.1) is 19.0 Å². The minimum absolute atomic E-state index is 0.227. The molecule has 5 heteroatoms. The Bertz CT molecular complexity index is 133. The average molecular weight is 180 g/mol. The molecule has 1 fully saturated rings. The molecule has 1 atom stereocenters. The zero-order valence-electron chi connectivity index (χ0n) is 6.19. The van der Waals surface area contributed by atoms with Crippen molar-refractivity contribution in [1.29, 1.82) is 0 Å². The molecule has 4 nitrogen and oxygen atoms in total. The second kappa shape index (κ2) is 4.82. The minimum atomic E-state index is -1.73. The van der Waals surface area contributed by atoms with E-state index in [0.29, 0.717) is 19.6 Å². The summed E-state index contributed by atoms with van der Waals surface area (Å²) in [6, 6.07) is 0. The Labute approximate surface area is 68.2 Å². The zero-order chi connectivity index (χ0) is 8.10. The van der Waals surface area contributed by atoms with Crippen LogP contribution < -0.4 is 0 Å². The van der Waals surface area contributed by atoms with E-state index in [9.17, 15) is 4.21 Å². The lowest BCUT2D eigenvalue weighted by molar-refractivity contribution is -0.178. The van der Waals surface area contributed by atoms with E-state index in [1.54, 1.807) is 0 Å². The Hall–Kier alpha value is 0.0300. The molecule has 0 amide bonds. The van der Waals surface area contributed by atoms with E-state index in [2.05, 4.69) is 0 Å². The first kappa shape index (κ1) is 9.12. The summed E-state index contributed by atoms with van der Waals surface area (Å²) >= 11 is -1.73. The van der Waals surface area contributed by atoms with Crippen LogP contribution in [0.4, 0.5) is 0 Å². The van der Waals surface area contributed by atoms with Gasteiger partial charge in [-0.25, -0.2) is 4.21 Å². The Kier molecular flexibility index (Phi) is 3.99. The van der Waals surface area contributed by atoms with Crippen molar-refractivity contribution in [3.05, 3.63) is 0 Å². The summed E-state index contributed by atoms with van der Waals surface area (Å²) in [4.78, 5) is 0. The largest absolute Gasteiger partial charge is 0.353 e. The van der Waals surface area contributed by atoms with E-state index in [1.165, 1.54) is 0 Å². The highest BCUT2D eigenvalue weighted by Crippen LogP contribution is 2.08. The first-order valence-electron chi connectivity index (χ1n) is 3.59. The third kappa shape index (κ3) is 3.81. The van der Waals surface area contributed by atoms with Crippen LogP contribution in [0.1, 0.15) is 12.8 Å². The second-order valence-corrected chi connectivity index (χ2v) is 3.39. The van der Waals surface area contributed by atoms with Gasteiger partial charge in [0, 0.05) is 6.42 Å². The van der Waals surface area contributed by atoms with Gasteiger partial charge in [0.15, 0.2) is 17.4 Å². The predicted molar refractivity (Wildman–Crippen MR) is 40.6 cm³/mol. The topological polar surface area (TPSA) is 55.8 Å². The Balaban J connectivity index is 2.09. The summed E-state index contributed by atoms with van der Waals surface area (Å²) < 4.78 is 29.0. The summed E-state index contributed by atoms with van der Waals surface area (Å²) in [5, 5.41) is 0. The molecule has 66 valence electrons. The molecule has 0 saturated carbocycles. The van der Waals surface area contributed by atoms with Crippen molar-refractivity contribution >= 4 is 11.1 Å². The van der Waals surface area contributed by atoms with Crippen molar-refractivity contribution in [2.45, 2.75) is 19.1 Å². The molecule has 1 saturated heterocycles. The van der Waals surface area contributed by atoms with Gasteiger partial charge in [-0.2, -0.15) is 0 Å². The van der Waals surface area contributed by atoms with Crippen LogP contribution in [0.2, 0.25) is 0 Å². The first-order chi connectivity index (χ1) is 5.29. The summed E-state index contributed by atoms with van der Waals surface area (Å²) in [7, 11) is 0. The molecule has 1 heterocycles. The van der Waals surface area contributed by atoms with Crippen molar-refractivity contribution in [2.24, 2.45) is 0 Å². The van der Waals surface area contributed by atoms with Crippen molar-refractivity contribution in [3.63, 3.8) is 0 Å². The summed E-state index contributed by atoms with van der Waals surface area (Å²) in [5.74, 6) is 0.227. The van der Waals surface area contributed by atoms with Crippen LogP contribution in [-0.2, 0) is 20.6 Å². The van der Waals surface area contributed by atoms with Crippen LogP contribution in [0.3, 0.4) is 0 Å². The molecule has 1 aliphatic heterocycles. The van der Waals surface area contributed by atoms with Crippen LogP contribution in [0.15, 0.2) is 0 Å². The molecule has 11 heavy (non-hydrogen) atoms. The highest BCUT2D eigenvalue weighted by Gasteiger charge is 2.14. The van der Waals surface area contributed by atoms with E-state index in [1.807, 2.05) is 0 Å². The lowest BCUT2D eigenvalue weighted by Crippen LogP contribution is -2.26. The summed E-state index contributed by atoms with van der Waals surface area (Å²) in [6.45, 7) is 1.39. The molecular formula is C6H12O4S. The maximum atomic E-state index is 10.2. The van der Waals surface area contributed by atoms with E-state index in [-0.39, 0.29) is 12.0 Å². The van der Waals surface area contributed by atoms with Gasteiger partial charge < -0.3 is 14.0 Å². The smallest absolute Gasteiger partial charge is 0.158 e. The minimum Gasteiger partial charge on any atom is -0.353 e. The third-order valence-corrected chi connectivity index (χ3v) is 2.01. The van der Waals surface area contributed by atoms with Gasteiger partial charge in [0.1, 0.15) is 0 Å². The standard InChI is InChI=1S/C6H12O4S/c7-11(8)5-2-6-9-3-1-4-10-6/h6H,1-5H2,(H,7,8). The fourth-order valence-electron chi connectivity index (χ4n) is 0.900. The molecule has 1 aliphatic rings. The van der Waals surface area contributed by atoms with Gasteiger partial charge in [-0.05, 0) is 6.42 Å². The first-order valence-corrected chi connectivity index (χ1v) is 4.87. The van der Waals surface area contributed by atoms with Gasteiger partial charge in [-0.1, -0.05) is 0 Å². The number of hydrogen-bond acceptors (Lipinski definition) is 3. The van der Waals surface area contributed by atoms with Gasteiger partial charge in [0.25, 0.3) is 0 Å². The van der Waals surface area contributed by atoms with Gasteiger partial charge in [-0.15, -0.1) is 0 Å². The van der Waals surface area contributed by atoms with E-state index < -0.39 is 11.1 Å². The summed E-state index contributed by atoms with van der Waals surface area (Å²) in [5.41, 5.74) is 0. The van der Waals surface area contributed by atoms with Gasteiger partial charge in [0.2, 0.25) is 0 Å². The molecule has 0 aromatic rings. The van der Waals surface area contributed by atoms with Crippen LogP contribution in [0.5, 0.6) is 0 Å². The fraction of sp³-hybridized carbons (Fsp3) is 1.00. The normalized spacial score (nSPS) is 23.4. The highest BCUT2D eigenvalue weighted by atomic mass is 32.2. The Morgan fingerprint density at radius 1 is 1.45 bits per heavy atom. The number of hydrogen-bond donors (Lipinski definition) is 1. The monoisotopic (exact) mass is 180 g/mol. The van der Waals surface area contributed by atoms with Crippen LogP contribution in [0, 0.1) is 0 Å². The molecule has 1 unspecified atom stereocenters. The molecule has 0 radical (unpaired) electrons. The van der Waals surface area contributed by atoms with Crippen LogP contribution in [0.25, 0.3) is 0 Å². The lowest BCUT2D eigenvalue weighted by Gasteiger charge is -2.22.